The van der Waals surface area contributed by atoms with Gasteiger partial charge in [-0.3, -0.25) is 4.99 Å². The molecule has 0 spiro atoms. The van der Waals surface area contributed by atoms with Gasteiger partial charge in [0.05, 0.1) is 12.4 Å². The molecule has 1 fully saturated rings. The van der Waals surface area contributed by atoms with Crippen LogP contribution in [0.3, 0.4) is 0 Å². The second kappa shape index (κ2) is 2.45. The molecule has 2 nitrogen and oxygen atoms in total. The van der Waals surface area contributed by atoms with Crippen molar-refractivity contribution in [3.63, 3.8) is 0 Å². The zero-order valence-electron chi connectivity index (χ0n) is 6.01. The summed E-state index contributed by atoms with van der Waals surface area (Å²) >= 11 is 0. The Balaban J connectivity index is 2.13. The third kappa shape index (κ3) is 0.939. The van der Waals surface area contributed by atoms with E-state index in [1.54, 1.807) is 6.34 Å². The van der Waals surface area contributed by atoms with E-state index in [1.807, 2.05) is 0 Å². The van der Waals surface area contributed by atoms with Gasteiger partial charge in [-0.25, -0.2) is 0 Å². The Hall–Kier alpha value is -0.790. The van der Waals surface area contributed by atoms with Crippen LogP contribution >= 0.6 is 0 Å². The molecule has 1 unspecified atom stereocenters. The normalized spacial score (nSPS) is 30.4. The summed E-state index contributed by atoms with van der Waals surface area (Å²) in [4.78, 5) is 4.35. The maximum Gasteiger partial charge on any atom is 0.0870 e. The summed E-state index contributed by atoms with van der Waals surface area (Å²) in [6, 6.07) is 0.523. The molecule has 2 aliphatic rings. The average Bonchev–Trinajstić information content (AvgIpc) is 2.05. The average molecular weight is 136 g/mol. The highest BCUT2D eigenvalue weighted by Crippen LogP contribution is 2.26. The molecule has 0 amide bonds. The molecule has 2 rings (SSSR count). The molecule has 0 saturated heterocycles. The van der Waals surface area contributed by atoms with Crippen molar-refractivity contribution in [3.8, 4) is 0 Å². The van der Waals surface area contributed by atoms with E-state index in [0.717, 1.165) is 0 Å². The zero-order chi connectivity index (χ0) is 6.81. The second-order valence-corrected chi connectivity index (χ2v) is 2.93. The molecular weight excluding hydrogens is 124 g/mol. The highest BCUT2D eigenvalue weighted by Gasteiger charge is 2.18. The van der Waals surface area contributed by atoms with E-state index in [1.165, 1.54) is 31.3 Å². The first-order chi connectivity index (χ1) is 4.97. The number of fused-ring (bicyclic) bond motifs is 1. The Labute approximate surface area is 61.0 Å². The van der Waals surface area contributed by atoms with Gasteiger partial charge in [0.2, 0.25) is 0 Å². The van der Waals surface area contributed by atoms with E-state index in [0.29, 0.717) is 6.04 Å². The molecule has 1 aliphatic carbocycles. The van der Waals surface area contributed by atoms with Crippen LogP contribution < -0.4 is 5.32 Å². The van der Waals surface area contributed by atoms with Gasteiger partial charge in [0.1, 0.15) is 0 Å². The largest absolute Gasteiger partial charge is 0.353 e. The molecule has 10 heavy (non-hydrogen) atoms. The summed E-state index contributed by atoms with van der Waals surface area (Å²) in [6.45, 7) is 0. The van der Waals surface area contributed by atoms with Gasteiger partial charge in [-0.2, -0.15) is 0 Å². The molecule has 1 heterocycles. The number of nitrogens with one attached hydrogen (secondary N) is 1. The monoisotopic (exact) mass is 136 g/mol. The van der Waals surface area contributed by atoms with Gasteiger partial charge < -0.3 is 5.32 Å². The highest BCUT2D eigenvalue weighted by atomic mass is 15.0. The third-order valence-corrected chi connectivity index (χ3v) is 2.22. The topological polar surface area (TPSA) is 24.4 Å². The second-order valence-electron chi connectivity index (χ2n) is 2.93. The number of rotatable bonds is 0. The van der Waals surface area contributed by atoms with Gasteiger partial charge in [0.25, 0.3) is 0 Å². The number of hydrogen-bond donors (Lipinski definition) is 1. The Morgan fingerprint density at radius 2 is 2.50 bits per heavy atom. The molecule has 2 heteroatoms. The molecular formula is C8H12N2. The lowest BCUT2D eigenvalue weighted by molar-refractivity contribution is 0.531. The van der Waals surface area contributed by atoms with Crippen molar-refractivity contribution in [1.82, 2.24) is 5.32 Å². The van der Waals surface area contributed by atoms with Gasteiger partial charge in [-0.1, -0.05) is 6.42 Å². The SMILES string of the molecule is C1=NC2CCCCC2=CN1. The summed E-state index contributed by atoms with van der Waals surface area (Å²) in [5.41, 5.74) is 1.49. The molecule has 1 N–H and O–H groups in total. The molecule has 0 aromatic carbocycles. The van der Waals surface area contributed by atoms with Crippen LogP contribution in [0.25, 0.3) is 0 Å². The van der Waals surface area contributed by atoms with E-state index >= 15 is 0 Å². The summed E-state index contributed by atoms with van der Waals surface area (Å²) in [5.74, 6) is 0. The molecule has 54 valence electrons. The number of nitrogens with zero attached hydrogens (tertiary/aromatic N) is 1. The minimum absolute atomic E-state index is 0.523. The summed E-state index contributed by atoms with van der Waals surface area (Å²) < 4.78 is 0. The smallest absolute Gasteiger partial charge is 0.0870 e. The maximum absolute atomic E-state index is 4.35. The number of hydrogen-bond acceptors (Lipinski definition) is 2. The van der Waals surface area contributed by atoms with Crippen molar-refractivity contribution in [3.05, 3.63) is 11.8 Å². The van der Waals surface area contributed by atoms with E-state index in [-0.39, 0.29) is 0 Å². The van der Waals surface area contributed by atoms with Crippen LogP contribution in [-0.4, -0.2) is 12.4 Å². The lowest BCUT2D eigenvalue weighted by Crippen LogP contribution is -2.22. The summed E-state index contributed by atoms with van der Waals surface area (Å²) in [7, 11) is 0. The van der Waals surface area contributed by atoms with Crippen LogP contribution in [0.2, 0.25) is 0 Å². The van der Waals surface area contributed by atoms with Crippen molar-refractivity contribution in [2.75, 3.05) is 0 Å². The van der Waals surface area contributed by atoms with Crippen LogP contribution in [0.1, 0.15) is 25.7 Å². The molecule has 0 bridgehead atoms. The Morgan fingerprint density at radius 1 is 1.50 bits per heavy atom. The van der Waals surface area contributed by atoms with E-state index in [2.05, 4.69) is 16.5 Å². The lowest BCUT2D eigenvalue weighted by Gasteiger charge is -2.23. The molecule has 0 aromatic rings. The standard InChI is InChI=1S/C8H12N2/c1-2-4-8-7(3-1)5-9-6-10-8/h5-6,8H,1-4H2,(H,9,10). The third-order valence-electron chi connectivity index (χ3n) is 2.22. The fraction of sp³-hybridized carbons (Fsp3) is 0.625. The van der Waals surface area contributed by atoms with Gasteiger partial charge in [-0.05, 0) is 24.8 Å². The van der Waals surface area contributed by atoms with Crippen molar-refractivity contribution < 1.29 is 0 Å². The van der Waals surface area contributed by atoms with E-state index in [4.69, 9.17) is 0 Å². The predicted molar refractivity (Wildman–Crippen MR) is 42.0 cm³/mol. The van der Waals surface area contributed by atoms with Crippen LogP contribution in [0, 0.1) is 0 Å². The molecule has 0 radical (unpaired) electrons. The minimum Gasteiger partial charge on any atom is -0.353 e. The Morgan fingerprint density at radius 3 is 3.40 bits per heavy atom. The van der Waals surface area contributed by atoms with E-state index in [9.17, 15) is 0 Å². The molecule has 0 aromatic heterocycles. The van der Waals surface area contributed by atoms with Crippen LogP contribution in [-0.2, 0) is 0 Å². The molecule has 1 atom stereocenters. The van der Waals surface area contributed by atoms with Gasteiger partial charge >= 0.3 is 0 Å². The molecule has 1 saturated carbocycles. The van der Waals surface area contributed by atoms with Gasteiger partial charge in [0.15, 0.2) is 0 Å². The Bertz CT molecular complexity index is 182. The van der Waals surface area contributed by atoms with Crippen molar-refractivity contribution in [2.24, 2.45) is 4.99 Å². The van der Waals surface area contributed by atoms with Crippen molar-refractivity contribution in [1.29, 1.82) is 0 Å². The minimum atomic E-state index is 0.523. The van der Waals surface area contributed by atoms with E-state index < -0.39 is 0 Å². The number of aliphatic imine (C=N–C) groups is 1. The van der Waals surface area contributed by atoms with Crippen molar-refractivity contribution in [2.45, 2.75) is 31.7 Å². The maximum atomic E-state index is 4.35. The van der Waals surface area contributed by atoms with Crippen LogP contribution in [0.5, 0.6) is 0 Å². The summed E-state index contributed by atoms with van der Waals surface area (Å²) in [6.07, 6.45) is 9.11. The van der Waals surface area contributed by atoms with Crippen LogP contribution in [0.15, 0.2) is 16.8 Å². The first kappa shape index (κ1) is 5.96. The quantitative estimate of drug-likeness (QED) is 0.535. The fourth-order valence-electron chi connectivity index (χ4n) is 1.63. The first-order valence-electron chi connectivity index (χ1n) is 3.93. The lowest BCUT2D eigenvalue weighted by atomic mass is 9.91. The highest BCUT2D eigenvalue weighted by molar-refractivity contribution is 5.59. The van der Waals surface area contributed by atoms with Crippen molar-refractivity contribution >= 4 is 6.34 Å². The van der Waals surface area contributed by atoms with Crippen LogP contribution in [0.4, 0.5) is 0 Å². The van der Waals surface area contributed by atoms with Gasteiger partial charge in [0, 0.05) is 6.20 Å². The first-order valence-corrected chi connectivity index (χ1v) is 3.93. The summed E-state index contributed by atoms with van der Waals surface area (Å²) in [5, 5.41) is 3.03. The Kier molecular flexibility index (Phi) is 1.46. The van der Waals surface area contributed by atoms with Gasteiger partial charge in [-0.15, -0.1) is 0 Å². The fourth-order valence-corrected chi connectivity index (χ4v) is 1.63. The molecule has 1 aliphatic heterocycles. The predicted octanol–water partition coefficient (Wildman–Crippen LogP) is 1.44. The zero-order valence-corrected chi connectivity index (χ0v) is 6.01.